The lowest BCUT2D eigenvalue weighted by molar-refractivity contribution is 0.140. The van der Waals surface area contributed by atoms with Crippen LogP contribution in [0, 0.1) is 0 Å². The largest absolute Gasteiger partial charge is 0.390 e. The maximum atomic E-state index is 9.95. The summed E-state index contributed by atoms with van der Waals surface area (Å²) in [6, 6.07) is 7.99. The molecule has 0 saturated heterocycles. The molecule has 3 nitrogen and oxygen atoms in total. The van der Waals surface area contributed by atoms with Crippen molar-refractivity contribution in [2.75, 3.05) is 0 Å². The standard InChI is InChI=1S/C13H15NO2/c15-10-14-9-12-3-1-11(2-4-12)5-6-13(16)7-8-13/h1-4,16H,5-9H2. The molecule has 1 saturated carbocycles. The number of aryl methyl sites for hydroxylation is 1. The molecular weight excluding hydrogens is 202 g/mol. The minimum absolute atomic E-state index is 0.375. The summed E-state index contributed by atoms with van der Waals surface area (Å²) in [5, 5.41) is 9.70. The van der Waals surface area contributed by atoms with Gasteiger partial charge in [0.2, 0.25) is 6.08 Å². The lowest BCUT2D eigenvalue weighted by Gasteiger charge is -2.07. The van der Waals surface area contributed by atoms with Gasteiger partial charge in [0.1, 0.15) is 0 Å². The molecule has 0 heterocycles. The van der Waals surface area contributed by atoms with Crippen LogP contribution in [-0.2, 0) is 17.8 Å². The molecule has 1 fully saturated rings. The molecule has 0 unspecified atom stereocenters. The molecule has 3 heteroatoms. The van der Waals surface area contributed by atoms with Gasteiger partial charge >= 0.3 is 0 Å². The van der Waals surface area contributed by atoms with Gasteiger partial charge in [-0.05, 0) is 36.8 Å². The molecule has 1 aliphatic rings. The highest BCUT2D eigenvalue weighted by molar-refractivity contribution is 5.34. The molecule has 1 aromatic carbocycles. The second-order valence-corrected chi connectivity index (χ2v) is 4.45. The summed E-state index contributed by atoms with van der Waals surface area (Å²) in [5.41, 5.74) is 1.86. The average Bonchev–Trinajstić information content (AvgIpc) is 3.04. The van der Waals surface area contributed by atoms with Gasteiger partial charge in [-0.3, -0.25) is 0 Å². The van der Waals surface area contributed by atoms with Crippen molar-refractivity contribution in [2.45, 2.75) is 37.8 Å². The number of benzene rings is 1. The van der Waals surface area contributed by atoms with E-state index in [0.717, 1.165) is 31.2 Å². The Morgan fingerprint density at radius 2 is 1.88 bits per heavy atom. The minimum Gasteiger partial charge on any atom is -0.390 e. The zero-order valence-electron chi connectivity index (χ0n) is 9.15. The van der Waals surface area contributed by atoms with Gasteiger partial charge in [-0.1, -0.05) is 24.3 Å². The van der Waals surface area contributed by atoms with E-state index in [0.29, 0.717) is 6.54 Å². The summed E-state index contributed by atoms with van der Waals surface area (Å²) < 4.78 is 0. The van der Waals surface area contributed by atoms with Crippen LogP contribution in [0.5, 0.6) is 0 Å². The SMILES string of the molecule is O=C=NCc1ccc(CCC2(O)CC2)cc1. The topological polar surface area (TPSA) is 49.7 Å². The molecule has 2 rings (SSSR count). The van der Waals surface area contributed by atoms with Crippen LogP contribution in [0.3, 0.4) is 0 Å². The highest BCUT2D eigenvalue weighted by atomic mass is 16.3. The van der Waals surface area contributed by atoms with Crippen LogP contribution in [0.4, 0.5) is 0 Å². The first kappa shape index (κ1) is 11.1. The van der Waals surface area contributed by atoms with Gasteiger partial charge in [0, 0.05) is 0 Å². The maximum absolute atomic E-state index is 9.95. The fraction of sp³-hybridized carbons (Fsp3) is 0.462. The van der Waals surface area contributed by atoms with Crippen LogP contribution in [0.15, 0.2) is 29.3 Å². The van der Waals surface area contributed by atoms with Gasteiger partial charge in [-0.15, -0.1) is 0 Å². The van der Waals surface area contributed by atoms with Crippen molar-refractivity contribution >= 4 is 6.08 Å². The first-order chi connectivity index (χ1) is 7.72. The molecule has 0 atom stereocenters. The lowest BCUT2D eigenvalue weighted by Crippen LogP contribution is -2.07. The van der Waals surface area contributed by atoms with E-state index >= 15 is 0 Å². The number of nitrogens with zero attached hydrogens (tertiary/aromatic N) is 1. The molecule has 84 valence electrons. The van der Waals surface area contributed by atoms with Crippen LogP contribution < -0.4 is 0 Å². The molecule has 1 N–H and O–H groups in total. The number of isocyanates is 1. The first-order valence-electron chi connectivity index (χ1n) is 5.56. The van der Waals surface area contributed by atoms with Crippen LogP contribution in [0.1, 0.15) is 30.4 Å². The summed E-state index contributed by atoms with van der Waals surface area (Å²) >= 11 is 0. The van der Waals surface area contributed by atoms with Crippen LogP contribution in [0.2, 0.25) is 0 Å². The minimum atomic E-state index is -0.375. The maximum Gasteiger partial charge on any atom is 0.235 e. The van der Waals surface area contributed by atoms with Crippen molar-refractivity contribution in [1.82, 2.24) is 0 Å². The summed E-state index contributed by atoms with van der Waals surface area (Å²) in [5.74, 6) is 0. The van der Waals surface area contributed by atoms with Crippen molar-refractivity contribution in [3.8, 4) is 0 Å². The van der Waals surface area contributed by atoms with E-state index in [1.165, 1.54) is 11.6 Å². The Labute approximate surface area is 94.8 Å². The third-order valence-electron chi connectivity index (χ3n) is 3.06. The fourth-order valence-corrected chi connectivity index (χ4v) is 1.71. The normalized spacial score (nSPS) is 16.6. The van der Waals surface area contributed by atoms with Crippen LogP contribution in [-0.4, -0.2) is 16.8 Å². The van der Waals surface area contributed by atoms with E-state index < -0.39 is 0 Å². The van der Waals surface area contributed by atoms with Crippen molar-refractivity contribution < 1.29 is 9.90 Å². The molecule has 0 radical (unpaired) electrons. The molecule has 0 spiro atoms. The predicted molar refractivity (Wildman–Crippen MR) is 60.8 cm³/mol. The molecule has 1 aromatic rings. The number of carbonyl (C=O) groups excluding carboxylic acids is 1. The summed E-state index contributed by atoms with van der Waals surface area (Å²) in [6.07, 6.45) is 5.17. The molecule has 0 aromatic heterocycles. The van der Waals surface area contributed by atoms with Gasteiger partial charge < -0.3 is 5.11 Å². The summed E-state index contributed by atoms with van der Waals surface area (Å²) in [4.78, 5) is 13.5. The van der Waals surface area contributed by atoms with Gasteiger partial charge in [0.05, 0.1) is 12.1 Å². The number of aliphatic imine (C=N–C) groups is 1. The number of rotatable bonds is 5. The van der Waals surface area contributed by atoms with Crippen molar-refractivity contribution in [3.05, 3.63) is 35.4 Å². The monoisotopic (exact) mass is 217 g/mol. The average molecular weight is 217 g/mol. The molecule has 0 bridgehead atoms. The zero-order chi connectivity index (χ0) is 11.4. The van der Waals surface area contributed by atoms with E-state index in [9.17, 15) is 9.90 Å². The molecule has 0 aliphatic heterocycles. The summed E-state index contributed by atoms with van der Waals surface area (Å²) in [6.45, 7) is 0.397. The van der Waals surface area contributed by atoms with Crippen molar-refractivity contribution in [1.29, 1.82) is 0 Å². The van der Waals surface area contributed by atoms with E-state index in [4.69, 9.17) is 0 Å². The molecular formula is C13H15NO2. The second kappa shape index (κ2) is 4.60. The fourth-order valence-electron chi connectivity index (χ4n) is 1.71. The number of hydrogen-bond donors (Lipinski definition) is 1. The smallest absolute Gasteiger partial charge is 0.235 e. The Morgan fingerprint density at radius 1 is 1.25 bits per heavy atom. The van der Waals surface area contributed by atoms with E-state index in [2.05, 4.69) is 4.99 Å². The van der Waals surface area contributed by atoms with Gasteiger partial charge in [0.15, 0.2) is 0 Å². The third-order valence-corrected chi connectivity index (χ3v) is 3.06. The van der Waals surface area contributed by atoms with Gasteiger partial charge in [0.25, 0.3) is 0 Å². The number of aliphatic hydroxyl groups is 1. The third kappa shape index (κ3) is 3.02. The molecule has 16 heavy (non-hydrogen) atoms. The van der Waals surface area contributed by atoms with Crippen LogP contribution >= 0.6 is 0 Å². The summed E-state index contributed by atoms with van der Waals surface area (Å²) in [7, 11) is 0. The highest BCUT2D eigenvalue weighted by Crippen LogP contribution is 2.39. The van der Waals surface area contributed by atoms with Crippen LogP contribution in [0.25, 0.3) is 0 Å². The molecule has 0 amide bonds. The van der Waals surface area contributed by atoms with E-state index in [1.54, 1.807) is 0 Å². The van der Waals surface area contributed by atoms with Gasteiger partial charge in [-0.25, -0.2) is 9.79 Å². The predicted octanol–water partition coefficient (Wildman–Crippen LogP) is 1.98. The Kier molecular flexibility index (Phi) is 3.18. The van der Waals surface area contributed by atoms with E-state index in [-0.39, 0.29) is 5.60 Å². The zero-order valence-corrected chi connectivity index (χ0v) is 9.15. The second-order valence-electron chi connectivity index (χ2n) is 4.45. The Morgan fingerprint density at radius 3 is 2.44 bits per heavy atom. The quantitative estimate of drug-likeness (QED) is 0.605. The highest BCUT2D eigenvalue weighted by Gasteiger charge is 2.39. The van der Waals surface area contributed by atoms with Crippen molar-refractivity contribution in [2.24, 2.45) is 4.99 Å². The Bertz CT molecular complexity index is 400. The Balaban J connectivity index is 1.88. The molecule has 1 aliphatic carbocycles. The van der Waals surface area contributed by atoms with Crippen molar-refractivity contribution in [3.63, 3.8) is 0 Å². The first-order valence-corrected chi connectivity index (χ1v) is 5.56. The van der Waals surface area contributed by atoms with Gasteiger partial charge in [-0.2, -0.15) is 0 Å². The number of hydrogen-bond acceptors (Lipinski definition) is 3. The lowest BCUT2D eigenvalue weighted by atomic mass is 10.0. The Hall–Kier alpha value is -1.44. The van der Waals surface area contributed by atoms with E-state index in [1.807, 2.05) is 24.3 Å².